The number of carbonyl (C=O) groups is 1. The molecule has 0 aromatic rings. The summed E-state index contributed by atoms with van der Waals surface area (Å²) in [7, 11) is 0. The summed E-state index contributed by atoms with van der Waals surface area (Å²) in [5, 5.41) is 8.87. The maximum absolute atomic E-state index is 10.8. The Morgan fingerprint density at radius 2 is 2.13 bits per heavy atom. The van der Waals surface area contributed by atoms with Crippen LogP contribution in [0.3, 0.4) is 0 Å². The molecule has 0 heterocycles. The fourth-order valence-electron chi connectivity index (χ4n) is 0.809. The molecule has 88 valence electrons. The zero-order valence-corrected chi connectivity index (χ0v) is 9.59. The zero-order valence-electron chi connectivity index (χ0n) is 8.77. The Morgan fingerprint density at radius 3 is 2.53 bits per heavy atom. The molecule has 7 heteroatoms. The average molecular weight is 234 g/mol. The lowest BCUT2D eigenvalue weighted by Gasteiger charge is -2.21. The van der Waals surface area contributed by atoms with Crippen LogP contribution in [-0.4, -0.2) is 40.6 Å². The van der Waals surface area contributed by atoms with E-state index in [0.29, 0.717) is 24.5 Å². The van der Waals surface area contributed by atoms with Gasteiger partial charge in [-0.3, -0.25) is 9.79 Å². The van der Waals surface area contributed by atoms with Crippen molar-refractivity contribution in [2.24, 2.45) is 22.2 Å². The van der Waals surface area contributed by atoms with Gasteiger partial charge < -0.3 is 22.3 Å². The molecule has 0 aliphatic rings. The Hall–Kier alpha value is -0.950. The number of nitrogens with two attached hydrogens (primary N) is 3. The predicted molar refractivity (Wildman–Crippen MR) is 62.8 cm³/mol. The Morgan fingerprint density at radius 1 is 1.53 bits per heavy atom. The first-order valence-corrected chi connectivity index (χ1v) is 5.73. The van der Waals surface area contributed by atoms with Crippen LogP contribution in [0, 0.1) is 0 Å². The zero-order chi connectivity index (χ0) is 11.9. The number of hydrogen-bond donors (Lipinski definition) is 4. The van der Waals surface area contributed by atoms with Gasteiger partial charge in [-0.25, -0.2) is 0 Å². The van der Waals surface area contributed by atoms with Gasteiger partial charge in [-0.05, 0) is 6.42 Å². The molecule has 0 aromatic carbocycles. The molecule has 0 aliphatic heterocycles. The SMILES string of the molecule is CC[C@](N)(CSCCN=C(N)N)C(=O)O. The largest absolute Gasteiger partial charge is 0.480 e. The minimum absolute atomic E-state index is 0.0448. The van der Waals surface area contributed by atoms with Gasteiger partial charge >= 0.3 is 5.97 Å². The van der Waals surface area contributed by atoms with E-state index in [-0.39, 0.29) is 5.96 Å². The van der Waals surface area contributed by atoms with Crippen molar-refractivity contribution < 1.29 is 9.90 Å². The standard InChI is InChI=1S/C8H18N4O2S/c1-2-8(11,6(13)14)5-15-4-3-12-7(9)10/h2-5,11H2,1H3,(H,13,14)(H4,9,10,12)/t8-/m0/s1. The number of thioether (sulfide) groups is 1. The monoisotopic (exact) mass is 234 g/mol. The predicted octanol–water partition coefficient (Wildman–Crippen LogP) is -0.815. The maximum atomic E-state index is 10.8. The molecule has 0 rings (SSSR count). The molecular formula is C8H18N4O2S. The van der Waals surface area contributed by atoms with Gasteiger partial charge in [0, 0.05) is 11.5 Å². The molecule has 7 N–H and O–H groups in total. The van der Waals surface area contributed by atoms with Crippen LogP contribution >= 0.6 is 11.8 Å². The first-order chi connectivity index (χ1) is 6.92. The van der Waals surface area contributed by atoms with E-state index in [1.54, 1.807) is 6.92 Å². The molecule has 0 spiro atoms. The number of carboxylic acid groups (broad SMARTS) is 1. The van der Waals surface area contributed by atoms with E-state index in [2.05, 4.69) is 4.99 Å². The fraction of sp³-hybridized carbons (Fsp3) is 0.750. The third kappa shape index (κ3) is 5.48. The summed E-state index contributed by atoms with van der Waals surface area (Å²) in [6.07, 6.45) is 0.400. The molecule has 1 atom stereocenters. The van der Waals surface area contributed by atoms with Crippen molar-refractivity contribution in [2.45, 2.75) is 18.9 Å². The third-order valence-corrected chi connectivity index (χ3v) is 3.14. The molecule has 0 amide bonds. The van der Waals surface area contributed by atoms with E-state index >= 15 is 0 Å². The van der Waals surface area contributed by atoms with Crippen LogP contribution in [0.5, 0.6) is 0 Å². The van der Waals surface area contributed by atoms with Gasteiger partial charge in [-0.15, -0.1) is 0 Å². The van der Waals surface area contributed by atoms with Crippen molar-refractivity contribution in [1.82, 2.24) is 0 Å². The molecule has 0 fully saturated rings. The highest BCUT2D eigenvalue weighted by Crippen LogP contribution is 2.14. The van der Waals surface area contributed by atoms with E-state index in [0.717, 1.165) is 0 Å². The van der Waals surface area contributed by atoms with E-state index in [1.807, 2.05) is 0 Å². The summed E-state index contributed by atoms with van der Waals surface area (Å²) in [5.41, 5.74) is 14.8. The van der Waals surface area contributed by atoms with Crippen LogP contribution in [0.1, 0.15) is 13.3 Å². The Kier molecular flexibility index (Phi) is 6.11. The van der Waals surface area contributed by atoms with Crippen molar-refractivity contribution >= 4 is 23.7 Å². The Balaban J connectivity index is 3.84. The highest BCUT2D eigenvalue weighted by atomic mass is 32.2. The molecule has 0 saturated carbocycles. The number of aliphatic imine (C=N–C) groups is 1. The van der Waals surface area contributed by atoms with Gasteiger partial charge in [0.05, 0.1) is 6.54 Å². The molecule has 15 heavy (non-hydrogen) atoms. The number of aliphatic carboxylic acids is 1. The van der Waals surface area contributed by atoms with Crippen molar-refractivity contribution in [3.05, 3.63) is 0 Å². The number of hydrogen-bond acceptors (Lipinski definition) is 4. The van der Waals surface area contributed by atoms with Crippen molar-refractivity contribution in [3.63, 3.8) is 0 Å². The highest BCUT2D eigenvalue weighted by molar-refractivity contribution is 7.99. The normalized spacial score (nSPS) is 14.3. The van der Waals surface area contributed by atoms with Gasteiger partial charge in [0.2, 0.25) is 0 Å². The van der Waals surface area contributed by atoms with Crippen molar-refractivity contribution in [1.29, 1.82) is 0 Å². The molecule has 0 saturated heterocycles. The van der Waals surface area contributed by atoms with Crippen LogP contribution in [0.2, 0.25) is 0 Å². The summed E-state index contributed by atoms with van der Waals surface area (Å²) >= 11 is 1.43. The van der Waals surface area contributed by atoms with Gasteiger partial charge in [-0.2, -0.15) is 11.8 Å². The lowest BCUT2D eigenvalue weighted by molar-refractivity contribution is -0.142. The van der Waals surface area contributed by atoms with Crippen molar-refractivity contribution in [3.8, 4) is 0 Å². The second-order valence-electron chi connectivity index (χ2n) is 3.17. The second kappa shape index (κ2) is 6.52. The van der Waals surface area contributed by atoms with E-state index < -0.39 is 11.5 Å². The van der Waals surface area contributed by atoms with Crippen LogP contribution in [0.4, 0.5) is 0 Å². The molecule has 0 bridgehead atoms. The van der Waals surface area contributed by atoms with E-state index in [1.165, 1.54) is 11.8 Å². The lowest BCUT2D eigenvalue weighted by Crippen LogP contribution is -2.49. The quantitative estimate of drug-likeness (QED) is 0.259. The number of rotatable bonds is 7. The van der Waals surface area contributed by atoms with Gasteiger partial charge in [-0.1, -0.05) is 6.92 Å². The van der Waals surface area contributed by atoms with E-state index in [4.69, 9.17) is 22.3 Å². The summed E-state index contributed by atoms with van der Waals surface area (Å²) in [4.78, 5) is 14.6. The molecule has 0 aliphatic carbocycles. The van der Waals surface area contributed by atoms with Gasteiger partial charge in [0.15, 0.2) is 5.96 Å². The smallest absolute Gasteiger partial charge is 0.324 e. The molecule has 0 unspecified atom stereocenters. The minimum atomic E-state index is -1.15. The second-order valence-corrected chi connectivity index (χ2v) is 4.28. The summed E-state index contributed by atoms with van der Waals surface area (Å²) in [5.74, 6) is 0.0887. The molecule has 6 nitrogen and oxygen atoms in total. The summed E-state index contributed by atoms with van der Waals surface area (Å²) < 4.78 is 0. The lowest BCUT2D eigenvalue weighted by atomic mass is 10.0. The first-order valence-electron chi connectivity index (χ1n) is 4.58. The van der Waals surface area contributed by atoms with Gasteiger partial charge in [0.1, 0.15) is 5.54 Å². The summed E-state index contributed by atoms with van der Waals surface area (Å²) in [6.45, 7) is 2.23. The Bertz CT molecular complexity index is 243. The highest BCUT2D eigenvalue weighted by Gasteiger charge is 2.31. The summed E-state index contributed by atoms with van der Waals surface area (Å²) in [6, 6.07) is 0. The number of nitrogens with zero attached hydrogens (tertiary/aromatic N) is 1. The minimum Gasteiger partial charge on any atom is -0.480 e. The fourth-order valence-corrected chi connectivity index (χ4v) is 1.87. The van der Waals surface area contributed by atoms with Crippen LogP contribution in [-0.2, 0) is 4.79 Å². The number of carboxylic acids is 1. The average Bonchev–Trinajstić information content (AvgIpc) is 2.16. The Labute approximate surface area is 93.3 Å². The molecule has 0 aromatic heterocycles. The van der Waals surface area contributed by atoms with Crippen molar-refractivity contribution in [2.75, 3.05) is 18.1 Å². The maximum Gasteiger partial charge on any atom is 0.324 e. The molecular weight excluding hydrogens is 216 g/mol. The topological polar surface area (TPSA) is 128 Å². The first kappa shape index (κ1) is 14.1. The molecule has 0 radical (unpaired) electrons. The van der Waals surface area contributed by atoms with Gasteiger partial charge in [0.25, 0.3) is 0 Å². The third-order valence-electron chi connectivity index (χ3n) is 1.95. The van der Waals surface area contributed by atoms with Crippen LogP contribution in [0.15, 0.2) is 4.99 Å². The van der Waals surface area contributed by atoms with Crippen LogP contribution in [0.25, 0.3) is 0 Å². The van der Waals surface area contributed by atoms with E-state index in [9.17, 15) is 4.79 Å². The van der Waals surface area contributed by atoms with Crippen LogP contribution < -0.4 is 17.2 Å². The number of guanidine groups is 1.